The predicted octanol–water partition coefficient (Wildman–Crippen LogP) is -0.118. The molecular weight excluding hydrogens is 248 g/mol. The second kappa shape index (κ2) is 4.55. The zero-order valence-electron chi connectivity index (χ0n) is 8.73. The maximum Gasteiger partial charge on any atom is 0.378 e. The zero-order chi connectivity index (χ0) is 12.4. The average molecular weight is 256 g/mol. The number of carbonyl (C=O) groups excluding carboxylic acids is 1. The van der Waals surface area contributed by atoms with Crippen molar-refractivity contribution in [2.75, 3.05) is 6.61 Å². The van der Waals surface area contributed by atoms with Gasteiger partial charge >= 0.3 is 5.97 Å². The molecule has 0 aliphatic carbocycles. The van der Waals surface area contributed by atoms with Crippen LogP contribution >= 0.6 is 0 Å². The fourth-order valence-corrected chi connectivity index (χ4v) is 1.47. The van der Waals surface area contributed by atoms with E-state index in [0.717, 1.165) is 4.52 Å². The van der Waals surface area contributed by atoms with Crippen molar-refractivity contribution in [2.45, 2.75) is 11.8 Å². The van der Waals surface area contributed by atoms with Crippen LogP contribution in [0, 0.1) is 0 Å². The summed E-state index contributed by atoms with van der Waals surface area (Å²) < 4.78 is 25.5. The van der Waals surface area contributed by atoms with Gasteiger partial charge in [-0.2, -0.15) is 4.98 Å². The van der Waals surface area contributed by atoms with Crippen LogP contribution < -0.4 is 0 Å². The molecule has 0 saturated heterocycles. The van der Waals surface area contributed by atoms with Crippen LogP contribution in [0.4, 0.5) is 0 Å². The van der Waals surface area contributed by atoms with E-state index in [1.165, 1.54) is 12.4 Å². The molecule has 2 aromatic heterocycles. The summed E-state index contributed by atoms with van der Waals surface area (Å²) in [5.74, 6) is -0.646. The van der Waals surface area contributed by atoms with Crippen LogP contribution in [0.3, 0.4) is 0 Å². The van der Waals surface area contributed by atoms with Crippen LogP contribution in [0.1, 0.15) is 17.5 Å². The number of fused-ring (bicyclic) bond motifs is 1. The number of rotatable bonds is 3. The second-order valence-electron chi connectivity index (χ2n) is 2.94. The van der Waals surface area contributed by atoms with E-state index in [1.807, 2.05) is 0 Å². The maximum absolute atomic E-state index is 11.3. The van der Waals surface area contributed by atoms with E-state index in [-0.39, 0.29) is 23.1 Å². The molecule has 17 heavy (non-hydrogen) atoms. The van der Waals surface area contributed by atoms with Crippen LogP contribution in [0.25, 0.3) is 5.78 Å². The van der Waals surface area contributed by atoms with Crippen molar-refractivity contribution in [1.29, 1.82) is 0 Å². The van der Waals surface area contributed by atoms with Crippen molar-refractivity contribution in [1.82, 2.24) is 19.6 Å². The topological polar surface area (TPSA) is 107 Å². The van der Waals surface area contributed by atoms with Crippen molar-refractivity contribution in [3.05, 3.63) is 18.2 Å². The van der Waals surface area contributed by atoms with Crippen LogP contribution in [0.2, 0.25) is 0 Å². The molecule has 0 aromatic carbocycles. The fourth-order valence-electron chi connectivity index (χ4n) is 1.14. The Hall–Kier alpha value is -1.87. The molecule has 8 nitrogen and oxygen atoms in total. The number of carbonyl (C=O) groups is 1. The SMILES string of the molecule is CCOC(=O)c1nc2ncc(S(=O)O)cn2n1. The van der Waals surface area contributed by atoms with Gasteiger partial charge in [-0.05, 0) is 6.92 Å². The Morgan fingerprint density at radius 1 is 1.65 bits per heavy atom. The van der Waals surface area contributed by atoms with E-state index in [1.54, 1.807) is 6.92 Å². The van der Waals surface area contributed by atoms with Crippen LogP contribution in [-0.2, 0) is 15.8 Å². The first kappa shape index (κ1) is 11.6. The largest absolute Gasteiger partial charge is 0.460 e. The van der Waals surface area contributed by atoms with E-state index < -0.39 is 17.0 Å². The number of nitrogens with zero attached hydrogens (tertiary/aromatic N) is 4. The number of hydrogen-bond donors (Lipinski definition) is 1. The highest BCUT2D eigenvalue weighted by Crippen LogP contribution is 2.05. The van der Waals surface area contributed by atoms with Gasteiger partial charge in [-0.15, -0.1) is 5.10 Å². The normalized spacial score (nSPS) is 12.6. The Bertz CT molecular complexity index is 596. The predicted molar refractivity (Wildman–Crippen MR) is 55.8 cm³/mol. The fraction of sp³-hybridized carbons (Fsp3) is 0.250. The molecular formula is C8H8N4O4S. The van der Waals surface area contributed by atoms with Gasteiger partial charge in [0.15, 0.2) is 11.1 Å². The summed E-state index contributed by atoms with van der Waals surface area (Å²) in [6.07, 6.45) is 2.46. The van der Waals surface area contributed by atoms with Crippen LogP contribution in [0.15, 0.2) is 17.3 Å². The Morgan fingerprint density at radius 2 is 2.41 bits per heavy atom. The molecule has 2 aromatic rings. The molecule has 2 rings (SSSR count). The summed E-state index contributed by atoms with van der Waals surface area (Å²) in [7, 11) is 0. The van der Waals surface area contributed by atoms with Gasteiger partial charge in [-0.25, -0.2) is 18.5 Å². The summed E-state index contributed by atoms with van der Waals surface area (Å²) in [5.41, 5.74) is 0. The highest BCUT2D eigenvalue weighted by atomic mass is 32.2. The lowest BCUT2D eigenvalue weighted by atomic mass is 10.6. The van der Waals surface area contributed by atoms with Crippen molar-refractivity contribution < 1.29 is 18.3 Å². The zero-order valence-corrected chi connectivity index (χ0v) is 9.55. The van der Waals surface area contributed by atoms with E-state index in [0.29, 0.717) is 0 Å². The number of ether oxygens (including phenoxy) is 1. The molecule has 9 heteroatoms. The molecule has 0 radical (unpaired) electrons. The highest BCUT2D eigenvalue weighted by Gasteiger charge is 2.15. The van der Waals surface area contributed by atoms with E-state index in [9.17, 15) is 9.00 Å². The smallest absolute Gasteiger partial charge is 0.378 e. The minimum absolute atomic E-state index is 0.0674. The lowest BCUT2D eigenvalue weighted by Crippen LogP contribution is -2.06. The maximum atomic E-state index is 11.3. The molecule has 2 heterocycles. The van der Waals surface area contributed by atoms with E-state index in [4.69, 9.17) is 9.29 Å². The van der Waals surface area contributed by atoms with Gasteiger partial charge in [0.1, 0.15) is 4.90 Å². The van der Waals surface area contributed by atoms with Crippen molar-refractivity contribution in [3.63, 3.8) is 0 Å². The Kier molecular flexibility index (Phi) is 3.11. The second-order valence-corrected chi connectivity index (χ2v) is 3.91. The van der Waals surface area contributed by atoms with Gasteiger partial charge in [0.05, 0.1) is 19.0 Å². The number of esters is 1. The summed E-state index contributed by atoms with van der Waals surface area (Å²) in [5, 5.41) is 3.80. The Balaban J connectivity index is 2.43. The lowest BCUT2D eigenvalue weighted by Gasteiger charge is -1.94. The van der Waals surface area contributed by atoms with Crippen LogP contribution in [0.5, 0.6) is 0 Å². The standard InChI is InChI=1S/C8H8N4O4S/c1-2-16-7(13)6-10-8-9-3-5(17(14)15)4-12(8)11-6/h3-4H,2H2,1H3,(H,14,15). The molecule has 0 aliphatic heterocycles. The third-order valence-corrected chi connectivity index (χ3v) is 2.44. The van der Waals surface area contributed by atoms with Crippen molar-refractivity contribution in [2.24, 2.45) is 0 Å². The third kappa shape index (κ3) is 2.29. The van der Waals surface area contributed by atoms with Gasteiger partial charge in [0.25, 0.3) is 11.6 Å². The molecule has 1 atom stereocenters. The van der Waals surface area contributed by atoms with E-state index in [2.05, 4.69) is 15.1 Å². The summed E-state index contributed by atoms with van der Waals surface area (Å²) >= 11 is -2.16. The molecule has 0 amide bonds. The number of hydrogen-bond acceptors (Lipinski definition) is 6. The molecule has 90 valence electrons. The third-order valence-electron chi connectivity index (χ3n) is 1.83. The summed E-state index contributed by atoms with van der Waals surface area (Å²) in [6, 6.07) is 0. The van der Waals surface area contributed by atoms with Crippen LogP contribution in [-0.4, -0.2) is 40.9 Å². The monoisotopic (exact) mass is 256 g/mol. The summed E-state index contributed by atoms with van der Waals surface area (Å²) in [4.78, 5) is 19.0. The molecule has 0 spiro atoms. The van der Waals surface area contributed by atoms with Gasteiger partial charge in [0, 0.05) is 0 Å². The first-order valence-electron chi connectivity index (χ1n) is 4.62. The molecule has 0 aliphatic rings. The number of aromatic nitrogens is 4. The minimum Gasteiger partial charge on any atom is -0.460 e. The van der Waals surface area contributed by atoms with Gasteiger partial charge in [-0.3, -0.25) is 0 Å². The molecule has 1 N–H and O–H groups in total. The van der Waals surface area contributed by atoms with Gasteiger partial charge in [0.2, 0.25) is 0 Å². The quantitative estimate of drug-likeness (QED) is 0.602. The molecule has 0 bridgehead atoms. The van der Waals surface area contributed by atoms with Gasteiger partial charge < -0.3 is 9.29 Å². The van der Waals surface area contributed by atoms with Gasteiger partial charge in [-0.1, -0.05) is 0 Å². The minimum atomic E-state index is -2.16. The highest BCUT2D eigenvalue weighted by molar-refractivity contribution is 7.79. The Morgan fingerprint density at radius 3 is 3.06 bits per heavy atom. The summed E-state index contributed by atoms with van der Waals surface area (Å²) in [6.45, 7) is 1.88. The van der Waals surface area contributed by atoms with Crippen molar-refractivity contribution >= 4 is 22.8 Å². The lowest BCUT2D eigenvalue weighted by molar-refractivity contribution is 0.0512. The van der Waals surface area contributed by atoms with E-state index >= 15 is 0 Å². The van der Waals surface area contributed by atoms with Crippen molar-refractivity contribution in [3.8, 4) is 0 Å². The average Bonchev–Trinajstić information content (AvgIpc) is 2.71. The Labute approximate surface area is 97.9 Å². The first-order valence-corrected chi connectivity index (χ1v) is 5.73. The first-order chi connectivity index (χ1) is 8.11. The molecule has 0 fully saturated rings. The molecule has 0 saturated carbocycles. The molecule has 1 unspecified atom stereocenters.